The lowest BCUT2D eigenvalue weighted by molar-refractivity contribution is -0.129. The van der Waals surface area contributed by atoms with Gasteiger partial charge in [0, 0.05) is 42.0 Å². The van der Waals surface area contributed by atoms with Crippen LogP contribution in [0.1, 0.15) is 13.8 Å². The number of H-pyrrole nitrogens is 1. The molecule has 1 amide bonds. The zero-order chi connectivity index (χ0) is 18.6. The maximum Gasteiger partial charge on any atom is 0.274 e. The third-order valence-corrected chi connectivity index (χ3v) is 4.63. The van der Waals surface area contributed by atoms with Gasteiger partial charge in [-0.15, -0.1) is 0 Å². The molecular formula is C19H19N3O4. The van der Waals surface area contributed by atoms with E-state index in [0.29, 0.717) is 22.7 Å². The van der Waals surface area contributed by atoms with Crippen molar-refractivity contribution in [2.24, 2.45) is 7.05 Å². The second-order valence-electron chi connectivity index (χ2n) is 6.84. The van der Waals surface area contributed by atoms with E-state index in [-0.39, 0.29) is 11.5 Å². The van der Waals surface area contributed by atoms with Gasteiger partial charge in [-0.3, -0.25) is 9.59 Å². The minimum absolute atomic E-state index is 0.111. The van der Waals surface area contributed by atoms with Crippen LogP contribution < -0.4 is 20.3 Å². The summed E-state index contributed by atoms with van der Waals surface area (Å²) in [7, 11) is 3.26. The molecule has 134 valence electrons. The summed E-state index contributed by atoms with van der Waals surface area (Å²) in [6.45, 7) is 3.43. The fraction of sp³-hybridized carbons (Fsp3) is 0.263. The summed E-state index contributed by atoms with van der Waals surface area (Å²) in [5.41, 5.74) is 1.49. The van der Waals surface area contributed by atoms with Gasteiger partial charge in [-0.05, 0) is 26.0 Å². The minimum Gasteiger partial charge on any atom is -0.497 e. The Hall–Kier alpha value is -3.22. The van der Waals surface area contributed by atoms with Gasteiger partial charge in [0.1, 0.15) is 11.3 Å². The molecule has 0 bridgehead atoms. The van der Waals surface area contributed by atoms with E-state index in [1.54, 1.807) is 46.5 Å². The Morgan fingerprint density at radius 3 is 2.69 bits per heavy atom. The Kier molecular flexibility index (Phi) is 3.37. The van der Waals surface area contributed by atoms with Crippen LogP contribution in [0.3, 0.4) is 0 Å². The van der Waals surface area contributed by atoms with Crippen molar-refractivity contribution < 1.29 is 14.3 Å². The number of anilines is 1. The van der Waals surface area contributed by atoms with Crippen molar-refractivity contribution in [1.82, 2.24) is 9.55 Å². The number of nitrogens with zero attached hydrogens (tertiary/aromatic N) is 1. The Morgan fingerprint density at radius 2 is 1.96 bits per heavy atom. The molecular weight excluding hydrogens is 334 g/mol. The van der Waals surface area contributed by atoms with Crippen LogP contribution in [-0.4, -0.2) is 28.2 Å². The number of ether oxygens (including phenoxy) is 2. The fourth-order valence-corrected chi connectivity index (χ4v) is 3.18. The normalized spacial score (nSPS) is 15.3. The molecule has 7 nitrogen and oxygen atoms in total. The largest absolute Gasteiger partial charge is 0.497 e. The molecule has 0 saturated heterocycles. The molecule has 1 aromatic carbocycles. The molecule has 0 unspecified atom stereocenters. The summed E-state index contributed by atoms with van der Waals surface area (Å²) in [5, 5.41) is 3.66. The maximum absolute atomic E-state index is 12.3. The van der Waals surface area contributed by atoms with Crippen LogP contribution in [0.15, 0.2) is 35.4 Å². The van der Waals surface area contributed by atoms with Crippen molar-refractivity contribution in [3.8, 4) is 22.6 Å². The zero-order valence-corrected chi connectivity index (χ0v) is 15.0. The molecule has 0 spiro atoms. The van der Waals surface area contributed by atoms with Crippen LogP contribution >= 0.6 is 0 Å². The maximum atomic E-state index is 12.3. The first-order valence-electron chi connectivity index (χ1n) is 8.21. The van der Waals surface area contributed by atoms with Crippen molar-refractivity contribution in [2.45, 2.75) is 19.4 Å². The van der Waals surface area contributed by atoms with E-state index >= 15 is 0 Å². The monoisotopic (exact) mass is 353 g/mol. The summed E-state index contributed by atoms with van der Waals surface area (Å²) < 4.78 is 13.0. The number of rotatable bonds is 2. The van der Waals surface area contributed by atoms with Gasteiger partial charge in [-0.25, -0.2) is 0 Å². The van der Waals surface area contributed by atoms with Crippen LogP contribution in [0.2, 0.25) is 0 Å². The van der Waals surface area contributed by atoms with Crippen LogP contribution in [0.5, 0.6) is 11.5 Å². The molecule has 0 atom stereocenters. The Morgan fingerprint density at radius 1 is 1.19 bits per heavy atom. The van der Waals surface area contributed by atoms with Crippen LogP contribution in [0.25, 0.3) is 22.0 Å². The number of pyridine rings is 1. The lowest BCUT2D eigenvalue weighted by atomic mass is 9.98. The summed E-state index contributed by atoms with van der Waals surface area (Å²) in [5.74, 6) is 0.910. The van der Waals surface area contributed by atoms with Gasteiger partial charge in [0.2, 0.25) is 0 Å². The predicted octanol–water partition coefficient (Wildman–Crippen LogP) is 2.65. The molecule has 2 N–H and O–H groups in total. The van der Waals surface area contributed by atoms with Crippen molar-refractivity contribution in [1.29, 1.82) is 0 Å². The lowest BCUT2D eigenvalue weighted by Gasteiger charge is -2.33. The number of carbonyl (C=O) groups excluding carboxylic acids is 1. The first-order valence-corrected chi connectivity index (χ1v) is 8.21. The average molecular weight is 353 g/mol. The first kappa shape index (κ1) is 16.3. The fourth-order valence-electron chi connectivity index (χ4n) is 3.18. The van der Waals surface area contributed by atoms with E-state index < -0.39 is 5.60 Å². The summed E-state index contributed by atoms with van der Waals surface area (Å²) in [6, 6.07) is 5.42. The number of benzene rings is 1. The number of carbonyl (C=O) groups is 1. The highest BCUT2D eigenvalue weighted by Gasteiger charge is 2.37. The summed E-state index contributed by atoms with van der Waals surface area (Å²) in [6.07, 6.45) is 3.50. The number of aromatic amines is 1. The number of aryl methyl sites for hydroxylation is 1. The van der Waals surface area contributed by atoms with Crippen LogP contribution in [-0.2, 0) is 11.8 Å². The zero-order valence-electron chi connectivity index (χ0n) is 15.0. The van der Waals surface area contributed by atoms with E-state index in [1.165, 1.54) is 4.57 Å². The van der Waals surface area contributed by atoms with Gasteiger partial charge < -0.3 is 24.3 Å². The number of aromatic nitrogens is 2. The Balaban J connectivity index is 2.06. The molecule has 3 aromatic rings. The quantitative estimate of drug-likeness (QED) is 0.742. The van der Waals surface area contributed by atoms with Crippen molar-refractivity contribution in [3.63, 3.8) is 0 Å². The molecule has 26 heavy (non-hydrogen) atoms. The third kappa shape index (κ3) is 2.28. The topological polar surface area (TPSA) is 85.3 Å². The van der Waals surface area contributed by atoms with Gasteiger partial charge >= 0.3 is 0 Å². The summed E-state index contributed by atoms with van der Waals surface area (Å²) >= 11 is 0. The third-order valence-electron chi connectivity index (χ3n) is 4.63. The first-order chi connectivity index (χ1) is 12.3. The van der Waals surface area contributed by atoms with Crippen molar-refractivity contribution in [2.75, 3.05) is 12.4 Å². The van der Waals surface area contributed by atoms with E-state index in [2.05, 4.69) is 10.3 Å². The average Bonchev–Trinajstić information content (AvgIpc) is 3.08. The molecule has 4 rings (SSSR count). The summed E-state index contributed by atoms with van der Waals surface area (Å²) in [4.78, 5) is 27.6. The van der Waals surface area contributed by atoms with E-state index in [4.69, 9.17) is 9.47 Å². The standard InChI is InChI=1S/C19H19N3O4/c1-19(2)18(24)21-14-8-10(25-4)7-12(16(14)26-19)13-9-22(3)17(23)15-11(13)5-6-20-15/h5-9,20H,1-4H3,(H,21,24). The minimum atomic E-state index is -1.01. The molecule has 1 aliphatic rings. The lowest BCUT2D eigenvalue weighted by Crippen LogP contribution is -2.45. The molecule has 0 fully saturated rings. The SMILES string of the molecule is COc1cc2c(c(-c3cn(C)c(=O)c4[nH]ccc34)c1)OC(C)(C)C(=O)N2. The Bertz CT molecular complexity index is 1110. The van der Waals surface area contributed by atoms with Gasteiger partial charge in [0.25, 0.3) is 11.5 Å². The molecule has 0 saturated carbocycles. The van der Waals surface area contributed by atoms with Gasteiger partial charge in [-0.2, -0.15) is 0 Å². The van der Waals surface area contributed by atoms with Crippen molar-refractivity contribution in [3.05, 3.63) is 40.9 Å². The number of hydrogen-bond acceptors (Lipinski definition) is 4. The molecule has 3 heterocycles. The second-order valence-corrected chi connectivity index (χ2v) is 6.84. The van der Waals surface area contributed by atoms with Crippen molar-refractivity contribution >= 4 is 22.5 Å². The number of nitrogens with one attached hydrogen (secondary N) is 2. The smallest absolute Gasteiger partial charge is 0.274 e. The number of methoxy groups -OCH3 is 1. The van der Waals surface area contributed by atoms with Crippen LogP contribution in [0, 0.1) is 0 Å². The van der Waals surface area contributed by atoms with Crippen LogP contribution in [0.4, 0.5) is 5.69 Å². The second kappa shape index (κ2) is 5.39. The van der Waals surface area contributed by atoms with Gasteiger partial charge in [0.15, 0.2) is 11.4 Å². The molecule has 1 aliphatic heterocycles. The highest BCUT2D eigenvalue weighted by atomic mass is 16.5. The molecule has 7 heteroatoms. The molecule has 0 aliphatic carbocycles. The van der Waals surface area contributed by atoms with E-state index in [9.17, 15) is 9.59 Å². The number of amides is 1. The highest BCUT2D eigenvalue weighted by molar-refractivity contribution is 6.04. The van der Waals surface area contributed by atoms with E-state index in [0.717, 1.165) is 16.5 Å². The predicted molar refractivity (Wildman–Crippen MR) is 98.9 cm³/mol. The molecule has 2 aromatic heterocycles. The van der Waals surface area contributed by atoms with Gasteiger partial charge in [0.05, 0.1) is 12.8 Å². The highest BCUT2D eigenvalue weighted by Crippen LogP contribution is 2.45. The Labute approximate surface area is 149 Å². The van der Waals surface area contributed by atoms with Gasteiger partial charge in [-0.1, -0.05) is 0 Å². The number of fused-ring (bicyclic) bond motifs is 2. The molecule has 0 radical (unpaired) electrons. The number of hydrogen-bond donors (Lipinski definition) is 2. The van der Waals surface area contributed by atoms with E-state index in [1.807, 2.05) is 12.1 Å².